The highest BCUT2D eigenvalue weighted by Crippen LogP contribution is 2.18. The summed E-state index contributed by atoms with van der Waals surface area (Å²) in [4.78, 5) is 28.0. The van der Waals surface area contributed by atoms with Crippen molar-refractivity contribution < 1.29 is 28.0 Å². The number of nitrogens with one attached hydrogen (secondary N) is 2. The summed E-state index contributed by atoms with van der Waals surface area (Å²) in [6, 6.07) is 10.2. The molecule has 0 aliphatic heterocycles. The van der Waals surface area contributed by atoms with Gasteiger partial charge in [0.1, 0.15) is 6.61 Å². The van der Waals surface area contributed by atoms with Crippen LogP contribution in [0.3, 0.4) is 0 Å². The Morgan fingerprint density at radius 3 is 2.69 bits per heavy atom. The smallest absolute Gasteiger partial charge is 0.411 e. The van der Waals surface area contributed by atoms with Crippen LogP contribution in [0.4, 0.5) is 16.2 Å². The molecule has 29 heavy (non-hydrogen) atoms. The van der Waals surface area contributed by atoms with Gasteiger partial charge in [0.05, 0.1) is 12.9 Å². The van der Waals surface area contributed by atoms with E-state index in [9.17, 15) is 9.59 Å². The molecule has 0 aliphatic carbocycles. The molecule has 1 aromatic carbocycles. The monoisotopic (exact) mass is 400 g/mol. The summed E-state index contributed by atoms with van der Waals surface area (Å²) in [5.74, 6) is 0.930. The van der Waals surface area contributed by atoms with E-state index in [0.29, 0.717) is 35.5 Å². The second kappa shape index (κ2) is 10.0. The topological polar surface area (TPSA) is 129 Å². The molecular weight excluding hydrogens is 380 g/mol. The molecular formula is C19H20N4O6. The van der Waals surface area contributed by atoms with Gasteiger partial charge in [-0.2, -0.15) is 4.98 Å². The molecule has 0 bridgehead atoms. The van der Waals surface area contributed by atoms with Gasteiger partial charge in [0.25, 0.3) is 0 Å². The fourth-order valence-electron chi connectivity index (χ4n) is 2.35. The van der Waals surface area contributed by atoms with Crippen LogP contribution in [0.15, 0.2) is 51.6 Å². The molecule has 2 aromatic heterocycles. The van der Waals surface area contributed by atoms with E-state index >= 15 is 0 Å². The number of rotatable bonds is 9. The fraction of sp³-hybridized carbons (Fsp3) is 0.263. The van der Waals surface area contributed by atoms with Crippen LogP contribution in [0.2, 0.25) is 0 Å². The average molecular weight is 400 g/mol. The maximum atomic E-state index is 12.2. The molecule has 0 saturated heterocycles. The minimum absolute atomic E-state index is 0.149. The Kier molecular flexibility index (Phi) is 6.95. The summed E-state index contributed by atoms with van der Waals surface area (Å²) in [6.45, 7) is 0.461. The molecule has 0 atom stereocenters. The van der Waals surface area contributed by atoms with Crippen molar-refractivity contribution in [2.24, 2.45) is 0 Å². The average Bonchev–Trinajstić information content (AvgIpc) is 3.38. The minimum Gasteiger partial charge on any atom is -0.461 e. The maximum absolute atomic E-state index is 12.2. The zero-order valence-corrected chi connectivity index (χ0v) is 15.7. The van der Waals surface area contributed by atoms with Crippen molar-refractivity contribution in [3.63, 3.8) is 0 Å². The number of aromatic nitrogens is 2. The Hall–Kier alpha value is -3.66. The summed E-state index contributed by atoms with van der Waals surface area (Å²) >= 11 is 0. The van der Waals surface area contributed by atoms with Crippen molar-refractivity contribution in [2.75, 3.05) is 31.0 Å². The first kappa shape index (κ1) is 20.1. The maximum Gasteiger partial charge on any atom is 0.411 e. The highest BCUT2D eigenvalue weighted by atomic mass is 16.6. The van der Waals surface area contributed by atoms with E-state index < -0.39 is 6.09 Å². The van der Waals surface area contributed by atoms with E-state index in [2.05, 4.69) is 20.8 Å². The van der Waals surface area contributed by atoms with E-state index in [1.165, 1.54) is 13.4 Å². The Bertz CT molecular complexity index is 938. The van der Waals surface area contributed by atoms with Gasteiger partial charge >= 0.3 is 6.09 Å². The lowest BCUT2D eigenvalue weighted by atomic mass is 10.2. The number of ether oxygens (including phenoxy) is 2. The number of furan rings is 1. The lowest BCUT2D eigenvalue weighted by Gasteiger charge is -2.09. The van der Waals surface area contributed by atoms with E-state index in [0.717, 1.165) is 0 Å². The Morgan fingerprint density at radius 1 is 1.10 bits per heavy atom. The van der Waals surface area contributed by atoms with Crippen LogP contribution in [0.1, 0.15) is 12.3 Å². The first-order valence-corrected chi connectivity index (χ1v) is 8.83. The van der Waals surface area contributed by atoms with Gasteiger partial charge in [0, 0.05) is 31.3 Å². The molecule has 2 heterocycles. The lowest BCUT2D eigenvalue weighted by Crippen LogP contribution is -2.17. The van der Waals surface area contributed by atoms with Crippen molar-refractivity contribution in [1.29, 1.82) is 0 Å². The Balaban J connectivity index is 1.47. The molecule has 0 unspecified atom stereocenters. The van der Waals surface area contributed by atoms with Gasteiger partial charge < -0.3 is 23.7 Å². The van der Waals surface area contributed by atoms with Crippen LogP contribution in [-0.2, 0) is 20.7 Å². The van der Waals surface area contributed by atoms with Crippen molar-refractivity contribution in [1.82, 2.24) is 10.1 Å². The van der Waals surface area contributed by atoms with Gasteiger partial charge in [0.2, 0.25) is 17.6 Å². The number of anilines is 2. The van der Waals surface area contributed by atoms with E-state index in [1.54, 1.807) is 36.4 Å². The molecule has 152 valence electrons. The third kappa shape index (κ3) is 6.18. The number of benzene rings is 1. The molecule has 0 radical (unpaired) electrons. The molecule has 0 saturated carbocycles. The van der Waals surface area contributed by atoms with Gasteiger partial charge in [-0.1, -0.05) is 11.2 Å². The number of nitrogens with zero attached hydrogens (tertiary/aromatic N) is 2. The van der Waals surface area contributed by atoms with E-state index in [1.807, 2.05) is 0 Å². The van der Waals surface area contributed by atoms with Gasteiger partial charge in [-0.05, 0) is 30.3 Å². The van der Waals surface area contributed by atoms with Crippen LogP contribution < -0.4 is 10.6 Å². The number of hydrogen-bond acceptors (Lipinski definition) is 8. The zero-order valence-electron chi connectivity index (χ0n) is 15.7. The second-order valence-corrected chi connectivity index (χ2v) is 5.87. The van der Waals surface area contributed by atoms with Gasteiger partial charge in [-0.3, -0.25) is 10.1 Å². The molecule has 3 aromatic rings. The highest BCUT2D eigenvalue weighted by molar-refractivity contribution is 5.92. The van der Waals surface area contributed by atoms with E-state index in [-0.39, 0.29) is 25.4 Å². The van der Waals surface area contributed by atoms with Crippen LogP contribution in [0.5, 0.6) is 0 Å². The standard InChI is InChI=1S/C19H20N4O6/c1-26-10-11-28-19(25)21-14-5-2-4-13(12-14)20-16(24)7-8-17-22-18(23-29-17)15-6-3-9-27-15/h2-6,9,12H,7-8,10-11H2,1H3,(H,20,24)(H,21,25). The Morgan fingerprint density at radius 2 is 1.93 bits per heavy atom. The number of aryl methyl sites for hydroxylation is 1. The molecule has 10 nitrogen and oxygen atoms in total. The summed E-state index contributed by atoms with van der Waals surface area (Å²) in [5, 5.41) is 9.15. The highest BCUT2D eigenvalue weighted by Gasteiger charge is 2.12. The fourth-order valence-corrected chi connectivity index (χ4v) is 2.35. The van der Waals surface area contributed by atoms with Crippen molar-refractivity contribution >= 4 is 23.4 Å². The number of carbonyl (C=O) groups is 2. The van der Waals surface area contributed by atoms with E-state index in [4.69, 9.17) is 18.4 Å². The first-order valence-electron chi connectivity index (χ1n) is 8.83. The summed E-state index contributed by atoms with van der Waals surface area (Å²) in [5.41, 5.74) is 1.02. The molecule has 0 aliphatic rings. The number of carbonyl (C=O) groups excluding carboxylic acids is 2. The molecule has 2 N–H and O–H groups in total. The predicted molar refractivity (Wildman–Crippen MR) is 102 cm³/mol. The number of hydrogen-bond donors (Lipinski definition) is 2. The normalized spacial score (nSPS) is 10.5. The van der Waals surface area contributed by atoms with Crippen LogP contribution >= 0.6 is 0 Å². The van der Waals surface area contributed by atoms with Crippen LogP contribution in [-0.4, -0.2) is 42.5 Å². The largest absolute Gasteiger partial charge is 0.461 e. The van der Waals surface area contributed by atoms with Crippen LogP contribution in [0, 0.1) is 0 Å². The van der Waals surface area contributed by atoms with Crippen molar-refractivity contribution in [2.45, 2.75) is 12.8 Å². The summed E-state index contributed by atoms with van der Waals surface area (Å²) < 4.78 is 20.1. The summed E-state index contributed by atoms with van der Waals surface area (Å²) in [7, 11) is 1.52. The number of methoxy groups -OCH3 is 1. The predicted octanol–water partition coefficient (Wildman–Crippen LogP) is 3.10. The quantitative estimate of drug-likeness (QED) is 0.524. The third-order valence-electron chi connectivity index (χ3n) is 3.69. The summed E-state index contributed by atoms with van der Waals surface area (Å²) in [6.07, 6.45) is 1.34. The molecule has 0 spiro atoms. The van der Waals surface area contributed by atoms with Gasteiger partial charge in [-0.15, -0.1) is 0 Å². The van der Waals surface area contributed by atoms with Gasteiger partial charge in [-0.25, -0.2) is 4.79 Å². The number of amides is 2. The van der Waals surface area contributed by atoms with Crippen molar-refractivity contribution in [3.05, 3.63) is 48.6 Å². The first-order chi connectivity index (χ1) is 14.1. The minimum atomic E-state index is -0.603. The molecule has 10 heteroatoms. The van der Waals surface area contributed by atoms with Gasteiger partial charge in [0.15, 0.2) is 5.76 Å². The zero-order chi connectivity index (χ0) is 20.5. The molecule has 0 fully saturated rings. The lowest BCUT2D eigenvalue weighted by molar-refractivity contribution is -0.116. The Labute approximate surface area is 166 Å². The third-order valence-corrected chi connectivity index (χ3v) is 3.69. The second-order valence-electron chi connectivity index (χ2n) is 5.87. The molecule has 2 amide bonds. The van der Waals surface area contributed by atoms with Crippen molar-refractivity contribution in [3.8, 4) is 11.6 Å². The molecule has 3 rings (SSSR count). The SMILES string of the molecule is COCCOC(=O)Nc1cccc(NC(=O)CCc2nc(-c3ccco3)no2)c1. The van der Waals surface area contributed by atoms with Crippen LogP contribution in [0.25, 0.3) is 11.6 Å².